The molecule has 0 bridgehead atoms. The molecule has 6 nitrogen and oxygen atoms in total. The summed E-state index contributed by atoms with van der Waals surface area (Å²) in [4.78, 5) is 15.2. The molecule has 0 aliphatic heterocycles. The van der Waals surface area contributed by atoms with E-state index in [2.05, 4.69) is 71.1 Å². The number of benzene rings is 1. The van der Waals surface area contributed by atoms with Gasteiger partial charge in [0.1, 0.15) is 5.82 Å². The highest BCUT2D eigenvalue weighted by Gasteiger charge is 2.07. The van der Waals surface area contributed by atoms with E-state index in [1.807, 2.05) is 6.07 Å². The number of rotatable bonds is 8. The van der Waals surface area contributed by atoms with Gasteiger partial charge < -0.3 is 15.2 Å². The van der Waals surface area contributed by atoms with Gasteiger partial charge in [-0.3, -0.25) is 4.99 Å². The Labute approximate surface area is 171 Å². The van der Waals surface area contributed by atoms with E-state index in [-0.39, 0.29) is 0 Å². The van der Waals surface area contributed by atoms with Crippen LogP contribution in [-0.4, -0.2) is 40.1 Å². The van der Waals surface area contributed by atoms with E-state index in [0.717, 1.165) is 67.0 Å². The summed E-state index contributed by atoms with van der Waals surface area (Å²) in [5.41, 5.74) is 3.41. The van der Waals surface area contributed by atoms with Crippen LogP contribution in [-0.2, 0) is 13.0 Å². The fourth-order valence-corrected chi connectivity index (χ4v) is 4.28. The normalized spacial score (nSPS) is 11.9. The van der Waals surface area contributed by atoms with Crippen molar-refractivity contribution in [1.82, 2.24) is 25.2 Å². The van der Waals surface area contributed by atoms with E-state index in [1.54, 1.807) is 11.3 Å². The quantitative estimate of drug-likeness (QED) is 0.346. The summed E-state index contributed by atoms with van der Waals surface area (Å²) >= 11 is 1.78. The van der Waals surface area contributed by atoms with Gasteiger partial charge in [0.05, 0.1) is 21.7 Å². The Hall–Kier alpha value is -2.41. The Morgan fingerprint density at radius 1 is 1.14 bits per heavy atom. The van der Waals surface area contributed by atoms with E-state index >= 15 is 0 Å². The van der Waals surface area contributed by atoms with E-state index in [0.29, 0.717) is 0 Å². The summed E-state index contributed by atoms with van der Waals surface area (Å²) in [6, 6.07) is 8.30. The van der Waals surface area contributed by atoms with Crippen LogP contribution in [0.4, 0.5) is 0 Å². The first-order valence-electron chi connectivity index (χ1n) is 9.95. The van der Waals surface area contributed by atoms with Crippen molar-refractivity contribution in [2.24, 2.45) is 4.99 Å². The molecule has 7 heteroatoms. The van der Waals surface area contributed by atoms with Crippen LogP contribution >= 0.6 is 11.3 Å². The van der Waals surface area contributed by atoms with Gasteiger partial charge in [-0.05, 0) is 46.2 Å². The summed E-state index contributed by atoms with van der Waals surface area (Å²) in [5.74, 6) is 1.94. The first kappa shape index (κ1) is 20.3. The smallest absolute Gasteiger partial charge is 0.191 e. The molecule has 3 rings (SSSR count). The maximum atomic E-state index is 4.73. The van der Waals surface area contributed by atoms with Gasteiger partial charge in [0.25, 0.3) is 0 Å². The van der Waals surface area contributed by atoms with Gasteiger partial charge in [-0.15, -0.1) is 11.3 Å². The number of nitrogens with one attached hydrogen (secondary N) is 2. The highest BCUT2D eigenvalue weighted by Crippen LogP contribution is 2.17. The monoisotopic (exact) mass is 398 g/mol. The van der Waals surface area contributed by atoms with Crippen molar-refractivity contribution >= 4 is 28.3 Å². The average molecular weight is 399 g/mol. The number of thiazole rings is 1. The predicted octanol–water partition coefficient (Wildman–Crippen LogP) is 3.61. The third kappa shape index (κ3) is 5.10. The summed E-state index contributed by atoms with van der Waals surface area (Å²) in [6.07, 6.45) is 1.95. The van der Waals surface area contributed by atoms with Crippen molar-refractivity contribution in [2.75, 3.05) is 19.6 Å². The molecule has 0 saturated heterocycles. The van der Waals surface area contributed by atoms with E-state index in [9.17, 15) is 0 Å². The first-order valence-corrected chi connectivity index (χ1v) is 10.8. The minimum Gasteiger partial charge on any atom is -0.357 e. The lowest BCUT2D eigenvalue weighted by atomic mass is 10.3. The van der Waals surface area contributed by atoms with Crippen molar-refractivity contribution in [2.45, 2.75) is 47.1 Å². The molecule has 2 aromatic heterocycles. The number of imidazole rings is 1. The predicted molar refractivity (Wildman–Crippen MR) is 118 cm³/mol. The lowest BCUT2D eigenvalue weighted by Crippen LogP contribution is -2.38. The molecule has 0 spiro atoms. The number of nitrogens with zero attached hydrogens (tertiary/aromatic N) is 4. The molecule has 0 amide bonds. The highest BCUT2D eigenvalue weighted by molar-refractivity contribution is 7.11. The third-order valence-corrected chi connectivity index (χ3v) is 5.78. The molecular weight excluding hydrogens is 368 g/mol. The fraction of sp³-hybridized carbons (Fsp3) is 0.476. The summed E-state index contributed by atoms with van der Waals surface area (Å²) in [6.45, 7) is 11.7. The number of para-hydroxylation sites is 2. The van der Waals surface area contributed by atoms with E-state index in [4.69, 9.17) is 4.99 Å². The molecule has 0 saturated carbocycles. The molecule has 0 unspecified atom stereocenters. The van der Waals surface area contributed by atoms with Gasteiger partial charge in [-0.1, -0.05) is 12.1 Å². The molecule has 0 fully saturated rings. The number of aromatic nitrogens is 3. The molecule has 0 atom stereocenters. The van der Waals surface area contributed by atoms with Crippen LogP contribution in [0.5, 0.6) is 0 Å². The lowest BCUT2D eigenvalue weighted by Gasteiger charge is -2.11. The number of aliphatic imine (C=N–C) groups is 1. The Balaban J connectivity index is 1.51. The number of hydrogen-bond acceptors (Lipinski definition) is 4. The zero-order valence-electron chi connectivity index (χ0n) is 17.2. The molecule has 3 aromatic rings. The minimum atomic E-state index is 0.778. The summed E-state index contributed by atoms with van der Waals surface area (Å²) in [5, 5.41) is 7.90. The average Bonchev–Trinajstić information content (AvgIpc) is 3.16. The zero-order valence-corrected chi connectivity index (χ0v) is 18.1. The second-order valence-electron chi connectivity index (χ2n) is 6.83. The van der Waals surface area contributed by atoms with Crippen LogP contribution in [0.25, 0.3) is 11.0 Å². The van der Waals surface area contributed by atoms with Gasteiger partial charge in [-0.2, -0.15) is 0 Å². The van der Waals surface area contributed by atoms with Crippen molar-refractivity contribution in [3.8, 4) is 0 Å². The topological polar surface area (TPSA) is 67.1 Å². The molecule has 1 aromatic carbocycles. The summed E-state index contributed by atoms with van der Waals surface area (Å²) < 4.78 is 2.28. The fourth-order valence-electron chi connectivity index (χ4n) is 3.34. The number of fused-ring (bicyclic) bond motifs is 1. The largest absolute Gasteiger partial charge is 0.357 e. The van der Waals surface area contributed by atoms with E-state index in [1.165, 1.54) is 10.4 Å². The molecule has 2 heterocycles. The SMILES string of the molecule is CCNC(=NCCCn1c(C)nc2ccccc21)NCCc1sc(C)nc1C. The zero-order chi connectivity index (χ0) is 19.9. The summed E-state index contributed by atoms with van der Waals surface area (Å²) in [7, 11) is 0. The number of aryl methyl sites for hydroxylation is 4. The number of guanidine groups is 1. The molecule has 0 aliphatic rings. The van der Waals surface area contributed by atoms with Crippen LogP contribution in [0, 0.1) is 20.8 Å². The highest BCUT2D eigenvalue weighted by atomic mass is 32.1. The maximum Gasteiger partial charge on any atom is 0.191 e. The maximum absolute atomic E-state index is 4.73. The van der Waals surface area contributed by atoms with Crippen LogP contribution in [0.15, 0.2) is 29.3 Å². The van der Waals surface area contributed by atoms with Gasteiger partial charge in [0, 0.05) is 37.5 Å². The van der Waals surface area contributed by atoms with Gasteiger partial charge in [0.15, 0.2) is 5.96 Å². The Morgan fingerprint density at radius 3 is 2.71 bits per heavy atom. The van der Waals surface area contributed by atoms with Crippen LogP contribution in [0.2, 0.25) is 0 Å². The van der Waals surface area contributed by atoms with E-state index < -0.39 is 0 Å². The first-order chi connectivity index (χ1) is 13.6. The molecule has 28 heavy (non-hydrogen) atoms. The second kappa shape index (κ2) is 9.68. The van der Waals surface area contributed by atoms with Crippen molar-refractivity contribution < 1.29 is 0 Å². The minimum absolute atomic E-state index is 0.778. The second-order valence-corrected chi connectivity index (χ2v) is 8.12. The molecule has 0 aliphatic carbocycles. The van der Waals surface area contributed by atoms with Crippen molar-refractivity contribution in [3.05, 3.63) is 45.7 Å². The third-order valence-electron chi connectivity index (χ3n) is 4.64. The van der Waals surface area contributed by atoms with Gasteiger partial charge in [0.2, 0.25) is 0 Å². The van der Waals surface area contributed by atoms with Crippen LogP contribution in [0.3, 0.4) is 0 Å². The molecular formula is C21H30N6S. The molecule has 150 valence electrons. The Kier molecular flexibility index (Phi) is 7.03. The van der Waals surface area contributed by atoms with Crippen LogP contribution in [0.1, 0.15) is 34.7 Å². The van der Waals surface area contributed by atoms with Gasteiger partial charge >= 0.3 is 0 Å². The van der Waals surface area contributed by atoms with Crippen molar-refractivity contribution in [3.63, 3.8) is 0 Å². The van der Waals surface area contributed by atoms with Gasteiger partial charge in [-0.25, -0.2) is 9.97 Å². The number of hydrogen-bond donors (Lipinski definition) is 2. The van der Waals surface area contributed by atoms with Crippen LogP contribution < -0.4 is 10.6 Å². The molecule has 0 radical (unpaired) electrons. The lowest BCUT2D eigenvalue weighted by molar-refractivity contribution is 0.646. The Bertz CT molecular complexity index is 940. The standard InChI is InChI=1S/C21H30N6S/c1-5-22-21(24-13-11-20-15(2)25-17(4)28-20)23-12-8-14-27-16(3)26-18-9-6-7-10-19(18)27/h6-7,9-10H,5,8,11-14H2,1-4H3,(H2,22,23,24). The Morgan fingerprint density at radius 2 is 1.96 bits per heavy atom. The van der Waals surface area contributed by atoms with Crippen molar-refractivity contribution in [1.29, 1.82) is 0 Å². The molecule has 2 N–H and O–H groups in total.